The summed E-state index contributed by atoms with van der Waals surface area (Å²) in [7, 11) is 0. The van der Waals surface area contributed by atoms with Gasteiger partial charge in [0.05, 0.1) is 0 Å². The standard InChI is InChI=1S/C11H18O/c1-11(6-3-7-11)8-10(12)9-4-2-5-9/h9H,2-8H2,1H3. The van der Waals surface area contributed by atoms with Crippen LogP contribution in [0.5, 0.6) is 0 Å². The maximum Gasteiger partial charge on any atom is 0.136 e. The summed E-state index contributed by atoms with van der Waals surface area (Å²) in [6, 6.07) is 0. The van der Waals surface area contributed by atoms with Gasteiger partial charge in [0.25, 0.3) is 0 Å². The van der Waals surface area contributed by atoms with E-state index in [1.807, 2.05) is 0 Å². The summed E-state index contributed by atoms with van der Waals surface area (Å²) in [4.78, 5) is 11.6. The molecule has 0 aromatic rings. The molecule has 0 aromatic carbocycles. The molecule has 2 aliphatic rings. The Morgan fingerprint density at radius 1 is 1.33 bits per heavy atom. The van der Waals surface area contributed by atoms with Crippen LogP contribution in [0.25, 0.3) is 0 Å². The van der Waals surface area contributed by atoms with Gasteiger partial charge in [0.15, 0.2) is 0 Å². The van der Waals surface area contributed by atoms with Crippen LogP contribution in [-0.2, 0) is 4.79 Å². The van der Waals surface area contributed by atoms with Crippen molar-refractivity contribution in [3.8, 4) is 0 Å². The smallest absolute Gasteiger partial charge is 0.136 e. The minimum absolute atomic E-state index is 0.409. The zero-order chi connectivity index (χ0) is 8.60. The van der Waals surface area contributed by atoms with Crippen molar-refractivity contribution in [3.63, 3.8) is 0 Å². The molecule has 2 fully saturated rings. The predicted molar refractivity (Wildman–Crippen MR) is 48.9 cm³/mol. The van der Waals surface area contributed by atoms with Crippen LogP contribution < -0.4 is 0 Å². The summed E-state index contributed by atoms with van der Waals surface area (Å²) in [5.41, 5.74) is 0.409. The Labute approximate surface area is 74.5 Å². The minimum atomic E-state index is 0.409. The van der Waals surface area contributed by atoms with E-state index in [-0.39, 0.29) is 0 Å². The van der Waals surface area contributed by atoms with Crippen molar-refractivity contribution in [1.82, 2.24) is 0 Å². The van der Waals surface area contributed by atoms with Crippen molar-refractivity contribution in [2.45, 2.75) is 51.9 Å². The van der Waals surface area contributed by atoms with Gasteiger partial charge in [-0.1, -0.05) is 19.8 Å². The number of ketones is 1. The average molecular weight is 166 g/mol. The molecule has 0 heterocycles. The number of rotatable bonds is 3. The molecule has 0 aliphatic heterocycles. The lowest BCUT2D eigenvalue weighted by Crippen LogP contribution is -2.33. The first kappa shape index (κ1) is 8.28. The monoisotopic (exact) mass is 166 g/mol. The maximum atomic E-state index is 11.6. The molecular weight excluding hydrogens is 148 g/mol. The lowest BCUT2D eigenvalue weighted by Gasteiger charge is -2.39. The number of Topliss-reactive ketones (excluding diaryl/α,β-unsaturated/α-hetero) is 1. The summed E-state index contributed by atoms with van der Waals surface area (Å²) in [5.74, 6) is 1.02. The van der Waals surface area contributed by atoms with Crippen molar-refractivity contribution in [2.75, 3.05) is 0 Å². The van der Waals surface area contributed by atoms with Crippen molar-refractivity contribution >= 4 is 5.78 Å². The van der Waals surface area contributed by atoms with Gasteiger partial charge < -0.3 is 0 Å². The Balaban J connectivity index is 1.81. The second-order valence-electron chi connectivity index (χ2n) is 4.94. The highest BCUT2D eigenvalue weighted by atomic mass is 16.1. The molecule has 12 heavy (non-hydrogen) atoms. The highest BCUT2D eigenvalue weighted by Crippen LogP contribution is 2.45. The van der Waals surface area contributed by atoms with Gasteiger partial charge in [0.1, 0.15) is 5.78 Å². The number of carbonyl (C=O) groups is 1. The lowest BCUT2D eigenvalue weighted by atomic mass is 9.65. The Bertz CT molecular complexity index is 187. The fourth-order valence-electron chi connectivity index (χ4n) is 2.25. The van der Waals surface area contributed by atoms with Crippen molar-refractivity contribution in [1.29, 1.82) is 0 Å². The molecule has 0 radical (unpaired) electrons. The largest absolute Gasteiger partial charge is 0.299 e. The van der Waals surface area contributed by atoms with Gasteiger partial charge in [0.2, 0.25) is 0 Å². The van der Waals surface area contributed by atoms with Crippen LogP contribution in [-0.4, -0.2) is 5.78 Å². The SMILES string of the molecule is CC1(CC(=O)C2CCC2)CCC1. The van der Waals surface area contributed by atoms with Crippen LogP contribution in [0.1, 0.15) is 51.9 Å². The third-order valence-electron chi connectivity index (χ3n) is 3.72. The summed E-state index contributed by atoms with van der Waals surface area (Å²) in [6.45, 7) is 2.27. The molecule has 0 bridgehead atoms. The molecule has 2 saturated carbocycles. The topological polar surface area (TPSA) is 17.1 Å². The zero-order valence-corrected chi connectivity index (χ0v) is 7.94. The fraction of sp³-hybridized carbons (Fsp3) is 0.909. The molecule has 2 aliphatic carbocycles. The van der Waals surface area contributed by atoms with E-state index < -0.39 is 0 Å². The van der Waals surface area contributed by atoms with E-state index in [0.717, 1.165) is 6.42 Å². The maximum absolute atomic E-state index is 11.6. The van der Waals surface area contributed by atoms with E-state index in [4.69, 9.17) is 0 Å². The van der Waals surface area contributed by atoms with E-state index in [2.05, 4.69) is 6.92 Å². The van der Waals surface area contributed by atoms with E-state index in [0.29, 0.717) is 17.1 Å². The molecule has 0 spiro atoms. The van der Waals surface area contributed by atoms with Crippen molar-refractivity contribution in [2.24, 2.45) is 11.3 Å². The third-order valence-corrected chi connectivity index (χ3v) is 3.72. The second kappa shape index (κ2) is 2.86. The van der Waals surface area contributed by atoms with E-state index >= 15 is 0 Å². The van der Waals surface area contributed by atoms with Crippen LogP contribution in [0.3, 0.4) is 0 Å². The van der Waals surface area contributed by atoms with Crippen LogP contribution in [0.4, 0.5) is 0 Å². The molecule has 0 amide bonds. The molecule has 0 N–H and O–H groups in total. The summed E-state index contributed by atoms with van der Waals surface area (Å²) in [6.07, 6.45) is 8.42. The van der Waals surface area contributed by atoms with Crippen LogP contribution >= 0.6 is 0 Å². The van der Waals surface area contributed by atoms with Gasteiger partial charge >= 0.3 is 0 Å². The minimum Gasteiger partial charge on any atom is -0.299 e. The Morgan fingerprint density at radius 3 is 2.33 bits per heavy atom. The van der Waals surface area contributed by atoms with Crippen LogP contribution in [0.2, 0.25) is 0 Å². The molecule has 0 saturated heterocycles. The van der Waals surface area contributed by atoms with Gasteiger partial charge in [-0.3, -0.25) is 4.79 Å². The summed E-state index contributed by atoms with van der Waals surface area (Å²) < 4.78 is 0. The highest BCUT2D eigenvalue weighted by Gasteiger charge is 2.36. The number of hydrogen-bond acceptors (Lipinski definition) is 1. The zero-order valence-electron chi connectivity index (χ0n) is 7.94. The molecule has 2 rings (SSSR count). The first-order valence-corrected chi connectivity index (χ1v) is 5.22. The summed E-state index contributed by atoms with van der Waals surface area (Å²) >= 11 is 0. The first-order valence-electron chi connectivity index (χ1n) is 5.22. The van der Waals surface area contributed by atoms with Gasteiger partial charge in [-0.2, -0.15) is 0 Å². The lowest BCUT2D eigenvalue weighted by molar-refractivity contribution is -0.128. The molecule has 1 heteroatoms. The van der Waals surface area contributed by atoms with Gasteiger partial charge in [-0.15, -0.1) is 0 Å². The van der Waals surface area contributed by atoms with Gasteiger partial charge in [0, 0.05) is 12.3 Å². The molecule has 0 atom stereocenters. The van der Waals surface area contributed by atoms with Crippen molar-refractivity contribution < 1.29 is 4.79 Å². The van der Waals surface area contributed by atoms with Gasteiger partial charge in [-0.25, -0.2) is 0 Å². The van der Waals surface area contributed by atoms with E-state index in [9.17, 15) is 4.79 Å². The summed E-state index contributed by atoms with van der Waals surface area (Å²) in [5, 5.41) is 0. The quantitative estimate of drug-likeness (QED) is 0.630. The van der Waals surface area contributed by atoms with E-state index in [1.54, 1.807) is 0 Å². The van der Waals surface area contributed by atoms with Crippen molar-refractivity contribution in [3.05, 3.63) is 0 Å². The number of hydrogen-bond donors (Lipinski definition) is 0. The molecule has 1 nitrogen and oxygen atoms in total. The highest BCUT2D eigenvalue weighted by molar-refractivity contribution is 5.82. The predicted octanol–water partition coefficient (Wildman–Crippen LogP) is 2.94. The third kappa shape index (κ3) is 1.41. The Hall–Kier alpha value is -0.330. The molecule has 68 valence electrons. The first-order chi connectivity index (χ1) is 5.70. The Morgan fingerprint density at radius 2 is 2.00 bits per heavy atom. The molecule has 0 aromatic heterocycles. The van der Waals surface area contributed by atoms with Crippen LogP contribution in [0, 0.1) is 11.3 Å². The number of carbonyl (C=O) groups excluding carboxylic acids is 1. The fourth-order valence-corrected chi connectivity index (χ4v) is 2.25. The Kier molecular flexibility index (Phi) is 1.97. The molecular formula is C11H18O. The molecule has 0 unspecified atom stereocenters. The van der Waals surface area contributed by atoms with Gasteiger partial charge in [-0.05, 0) is 31.1 Å². The van der Waals surface area contributed by atoms with Crippen LogP contribution in [0.15, 0.2) is 0 Å². The van der Waals surface area contributed by atoms with E-state index in [1.165, 1.54) is 38.5 Å². The normalized spacial score (nSPS) is 27.4. The second-order valence-corrected chi connectivity index (χ2v) is 4.94. The average Bonchev–Trinajstić information content (AvgIpc) is 1.79.